The number of rotatable bonds is 9. The Morgan fingerprint density at radius 3 is 2.42 bits per heavy atom. The number of ether oxygens (including phenoxy) is 1. The number of hydrogen-bond donors (Lipinski definition) is 3. The van der Waals surface area contributed by atoms with Gasteiger partial charge in [0.15, 0.2) is 0 Å². The van der Waals surface area contributed by atoms with Gasteiger partial charge in [-0.2, -0.15) is 0 Å². The van der Waals surface area contributed by atoms with E-state index in [1.54, 1.807) is 6.07 Å². The average molecular weight is 516 g/mol. The molecule has 0 radical (unpaired) electrons. The van der Waals surface area contributed by atoms with Gasteiger partial charge in [0.2, 0.25) is 0 Å². The first-order valence-corrected chi connectivity index (χ1v) is 13.4. The summed E-state index contributed by atoms with van der Waals surface area (Å²) in [5.41, 5.74) is 8.77. The van der Waals surface area contributed by atoms with Gasteiger partial charge >= 0.3 is 0 Å². The van der Waals surface area contributed by atoms with E-state index in [-0.39, 0.29) is 5.56 Å². The molecule has 0 saturated carbocycles. The van der Waals surface area contributed by atoms with Crippen molar-refractivity contribution in [2.24, 2.45) is 11.1 Å². The number of hydrogen-bond acceptors (Lipinski definition) is 8. The maximum absolute atomic E-state index is 12.1. The normalized spacial score (nSPS) is 16.8. The number of primary amides is 1. The lowest BCUT2D eigenvalue weighted by molar-refractivity contribution is 0.0601. The van der Waals surface area contributed by atoms with Crippen LogP contribution in [0.25, 0.3) is 0 Å². The van der Waals surface area contributed by atoms with E-state index in [0.717, 1.165) is 24.5 Å². The maximum atomic E-state index is 12.1. The van der Waals surface area contributed by atoms with Crippen molar-refractivity contribution in [3.05, 3.63) is 60.4 Å². The predicted octanol–water partition coefficient (Wildman–Crippen LogP) is 4.77. The summed E-state index contributed by atoms with van der Waals surface area (Å²) in [7, 11) is 0. The number of para-hydroxylation sites is 2. The van der Waals surface area contributed by atoms with E-state index in [2.05, 4.69) is 50.3 Å². The number of benzene rings is 1. The van der Waals surface area contributed by atoms with Gasteiger partial charge in [0.25, 0.3) is 5.91 Å². The molecule has 0 aliphatic carbocycles. The molecular formula is C29H37N7O2. The van der Waals surface area contributed by atoms with Gasteiger partial charge in [-0.25, -0.2) is 9.97 Å². The van der Waals surface area contributed by atoms with Gasteiger partial charge in [0.1, 0.15) is 17.4 Å². The maximum Gasteiger partial charge on any atom is 0.252 e. The third kappa shape index (κ3) is 5.52. The number of carbonyl (C=O) groups is 1. The summed E-state index contributed by atoms with van der Waals surface area (Å²) < 4.78 is 5.70. The summed E-state index contributed by atoms with van der Waals surface area (Å²) in [5, 5.41) is 6.51. The molecule has 3 aromatic rings. The molecule has 1 spiro atoms. The topological polar surface area (TPSA) is 109 Å². The summed E-state index contributed by atoms with van der Waals surface area (Å²) in [4.78, 5) is 26.1. The molecule has 0 atom stereocenters. The minimum Gasteiger partial charge on any atom is -0.492 e. The zero-order valence-corrected chi connectivity index (χ0v) is 22.4. The van der Waals surface area contributed by atoms with Gasteiger partial charge in [-0.3, -0.25) is 4.79 Å². The van der Waals surface area contributed by atoms with Crippen LogP contribution < -0.4 is 26.0 Å². The Bertz CT molecular complexity index is 1260. The summed E-state index contributed by atoms with van der Waals surface area (Å²) >= 11 is 0. The number of amides is 1. The standard InChI is InChI=1S/C29H37N7O2/c1-4-38-25-8-6-5-7-23(25)33-24-15-27(32-17-22(24)28(30)37)34-26-10-9-21(16-31-26)36-18-29(19-36)11-13-35(14-12-29)20(2)3/h5-10,15-17,20H,4,11-14,18-19H2,1-3H3,(H2,30,37)(H2,31,32,33,34). The van der Waals surface area contributed by atoms with Crippen LogP contribution in [0.3, 0.4) is 0 Å². The van der Waals surface area contributed by atoms with E-state index in [9.17, 15) is 4.79 Å². The fourth-order valence-electron chi connectivity index (χ4n) is 5.38. The number of anilines is 5. The highest BCUT2D eigenvalue weighted by atomic mass is 16.5. The molecule has 2 aromatic heterocycles. The number of nitrogens with zero attached hydrogens (tertiary/aromatic N) is 4. The second kappa shape index (κ2) is 10.9. The summed E-state index contributed by atoms with van der Waals surface area (Å²) in [6.45, 7) is 11.6. The van der Waals surface area contributed by atoms with Crippen LogP contribution in [0.5, 0.6) is 5.75 Å². The van der Waals surface area contributed by atoms with Gasteiger partial charge in [0.05, 0.1) is 35.4 Å². The molecule has 9 nitrogen and oxygen atoms in total. The van der Waals surface area contributed by atoms with Crippen molar-refractivity contribution in [1.29, 1.82) is 0 Å². The van der Waals surface area contributed by atoms with Crippen molar-refractivity contribution in [3.63, 3.8) is 0 Å². The lowest BCUT2D eigenvalue weighted by Crippen LogP contribution is -2.61. The molecule has 200 valence electrons. The quantitative estimate of drug-likeness (QED) is 0.374. The summed E-state index contributed by atoms with van der Waals surface area (Å²) in [6.07, 6.45) is 5.92. The second-order valence-corrected chi connectivity index (χ2v) is 10.5. The fourth-order valence-corrected chi connectivity index (χ4v) is 5.38. The first-order chi connectivity index (χ1) is 18.4. The molecule has 2 saturated heterocycles. The highest BCUT2D eigenvalue weighted by Gasteiger charge is 2.45. The Morgan fingerprint density at radius 2 is 1.76 bits per heavy atom. The fraction of sp³-hybridized carbons (Fsp3) is 0.414. The minimum atomic E-state index is -0.565. The Morgan fingerprint density at radius 1 is 1.03 bits per heavy atom. The number of pyridine rings is 2. The van der Waals surface area contributed by atoms with Crippen LogP contribution in [-0.2, 0) is 0 Å². The van der Waals surface area contributed by atoms with Crippen molar-refractivity contribution >= 4 is 34.6 Å². The third-order valence-corrected chi connectivity index (χ3v) is 7.64. The number of carbonyl (C=O) groups excluding carboxylic acids is 1. The SMILES string of the molecule is CCOc1ccccc1Nc1cc(Nc2ccc(N3CC4(CCN(C(C)C)CC4)C3)cn2)ncc1C(N)=O. The second-order valence-electron chi connectivity index (χ2n) is 10.5. The van der Waals surface area contributed by atoms with E-state index in [1.165, 1.54) is 32.1 Å². The molecule has 4 N–H and O–H groups in total. The molecule has 1 aromatic carbocycles. The van der Waals surface area contributed by atoms with Gasteiger partial charge < -0.3 is 30.9 Å². The van der Waals surface area contributed by atoms with Crippen molar-refractivity contribution in [1.82, 2.24) is 14.9 Å². The molecule has 5 rings (SSSR count). The number of nitrogens with two attached hydrogens (primary N) is 1. The Balaban J connectivity index is 1.24. The molecule has 2 aliphatic rings. The molecule has 1 amide bonds. The van der Waals surface area contributed by atoms with E-state index >= 15 is 0 Å². The molecule has 38 heavy (non-hydrogen) atoms. The monoisotopic (exact) mass is 515 g/mol. The molecule has 0 unspecified atom stereocenters. The Kier molecular flexibility index (Phi) is 7.37. The van der Waals surface area contributed by atoms with Crippen LogP contribution in [-0.4, -0.2) is 59.6 Å². The zero-order valence-electron chi connectivity index (χ0n) is 22.4. The molecule has 0 bridgehead atoms. The number of nitrogens with one attached hydrogen (secondary N) is 2. The van der Waals surface area contributed by atoms with E-state index in [0.29, 0.717) is 41.1 Å². The highest BCUT2D eigenvalue weighted by molar-refractivity contribution is 5.99. The van der Waals surface area contributed by atoms with Gasteiger partial charge in [-0.1, -0.05) is 12.1 Å². The van der Waals surface area contributed by atoms with Crippen LogP contribution in [0.15, 0.2) is 54.9 Å². The van der Waals surface area contributed by atoms with Crippen LogP contribution in [0.2, 0.25) is 0 Å². The van der Waals surface area contributed by atoms with Crippen LogP contribution in [0, 0.1) is 5.41 Å². The van der Waals surface area contributed by atoms with Crippen molar-refractivity contribution in [2.75, 3.05) is 48.3 Å². The number of likely N-dealkylation sites (tertiary alicyclic amines) is 1. The molecule has 9 heteroatoms. The smallest absolute Gasteiger partial charge is 0.252 e. The van der Waals surface area contributed by atoms with Crippen LogP contribution in [0.1, 0.15) is 44.0 Å². The van der Waals surface area contributed by atoms with Crippen LogP contribution >= 0.6 is 0 Å². The molecule has 2 fully saturated rings. The van der Waals surface area contributed by atoms with E-state index in [1.807, 2.05) is 43.5 Å². The first kappa shape index (κ1) is 25.8. The largest absolute Gasteiger partial charge is 0.492 e. The van der Waals surface area contributed by atoms with Gasteiger partial charge in [-0.15, -0.1) is 0 Å². The van der Waals surface area contributed by atoms with Gasteiger partial charge in [0, 0.05) is 36.8 Å². The molecule has 4 heterocycles. The average Bonchev–Trinajstić information content (AvgIpc) is 2.89. The zero-order chi connectivity index (χ0) is 26.7. The Labute approximate surface area is 224 Å². The number of piperidine rings is 1. The minimum absolute atomic E-state index is 0.288. The van der Waals surface area contributed by atoms with Crippen molar-refractivity contribution in [2.45, 2.75) is 39.7 Å². The lowest BCUT2D eigenvalue weighted by Gasteiger charge is -2.55. The summed E-state index contributed by atoms with van der Waals surface area (Å²) in [5.74, 6) is 1.35. The van der Waals surface area contributed by atoms with Crippen molar-refractivity contribution < 1.29 is 9.53 Å². The predicted molar refractivity (Wildman–Crippen MR) is 152 cm³/mol. The summed E-state index contributed by atoms with van der Waals surface area (Å²) in [6, 6.07) is 14.0. The molecular weight excluding hydrogens is 478 g/mol. The van der Waals surface area contributed by atoms with Gasteiger partial charge in [-0.05, 0) is 71.0 Å². The number of aromatic nitrogens is 2. The van der Waals surface area contributed by atoms with E-state index < -0.39 is 5.91 Å². The first-order valence-electron chi connectivity index (χ1n) is 13.4. The van der Waals surface area contributed by atoms with Crippen LogP contribution in [0.4, 0.5) is 28.7 Å². The lowest BCUT2D eigenvalue weighted by atomic mass is 9.71. The Hall–Kier alpha value is -3.85. The van der Waals surface area contributed by atoms with E-state index in [4.69, 9.17) is 10.5 Å². The highest BCUT2D eigenvalue weighted by Crippen LogP contribution is 2.43. The third-order valence-electron chi connectivity index (χ3n) is 7.64. The van der Waals surface area contributed by atoms with Crippen molar-refractivity contribution in [3.8, 4) is 5.75 Å². The molecule has 2 aliphatic heterocycles.